The fraction of sp³-hybridized carbons (Fsp3) is 0.136. The molecule has 0 atom stereocenters. The molecule has 4 rings (SSSR count). The van der Waals surface area contributed by atoms with E-state index in [-0.39, 0.29) is 11.5 Å². The Balaban J connectivity index is 1.65. The third kappa shape index (κ3) is 4.55. The van der Waals surface area contributed by atoms with Gasteiger partial charge in [0.05, 0.1) is 17.8 Å². The van der Waals surface area contributed by atoms with E-state index >= 15 is 0 Å². The summed E-state index contributed by atoms with van der Waals surface area (Å²) in [5, 5.41) is 3.13. The van der Waals surface area contributed by atoms with Crippen LogP contribution < -0.4 is 15.8 Å². The molecule has 0 spiro atoms. The number of primary amides is 1. The molecule has 0 bridgehead atoms. The molecule has 4 aromatic rings. The van der Waals surface area contributed by atoms with E-state index in [1.807, 2.05) is 13.0 Å². The van der Waals surface area contributed by atoms with Gasteiger partial charge in [-0.3, -0.25) is 9.78 Å². The zero-order chi connectivity index (χ0) is 21.8. The molecule has 0 aliphatic carbocycles. The summed E-state index contributed by atoms with van der Waals surface area (Å²) in [6.07, 6.45) is 1.54. The summed E-state index contributed by atoms with van der Waals surface area (Å²) in [5.74, 6) is -0.156. The van der Waals surface area contributed by atoms with Gasteiger partial charge in [-0.05, 0) is 48.9 Å². The molecule has 1 aromatic carbocycles. The van der Waals surface area contributed by atoms with Gasteiger partial charge in [-0.1, -0.05) is 12.1 Å². The van der Waals surface area contributed by atoms with E-state index in [9.17, 15) is 9.18 Å². The van der Waals surface area contributed by atoms with Crippen molar-refractivity contribution in [1.29, 1.82) is 0 Å². The van der Waals surface area contributed by atoms with Gasteiger partial charge in [0.2, 0.25) is 11.8 Å². The van der Waals surface area contributed by atoms with Crippen molar-refractivity contribution in [1.82, 2.24) is 19.9 Å². The topological polar surface area (TPSA) is 116 Å². The van der Waals surface area contributed by atoms with Crippen LogP contribution in [0.3, 0.4) is 0 Å². The molecule has 0 unspecified atom stereocenters. The highest BCUT2D eigenvalue weighted by molar-refractivity contribution is 5.91. The Labute approximate surface area is 177 Å². The van der Waals surface area contributed by atoms with Gasteiger partial charge in [0.1, 0.15) is 11.5 Å². The second-order valence-corrected chi connectivity index (χ2v) is 6.63. The van der Waals surface area contributed by atoms with Gasteiger partial charge in [0.25, 0.3) is 5.91 Å². The molecule has 0 fully saturated rings. The fourth-order valence-corrected chi connectivity index (χ4v) is 2.94. The van der Waals surface area contributed by atoms with Crippen LogP contribution in [0.2, 0.25) is 0 Å². The first-order valence-electron chi connectivity index (χ1n) is 9.59. The number of hydrogen-bond acceptors (Lipinski definition) is 7. The van der Waals surface area contributed by atoms with E-state index in [0.29, 0.717) is 47.3 Å². The fourth-order valence-electron chi connectivity index (χ4n) is 2.94. The summed E-state index contributed by atoms with van der Waals surface area (Å²) in [6, 6.07) is 13.1. The molecule has 156 valence electrons. The molecular weight excluding hydrogens is 399 g/mol. The van der Waals surface area contributed by atoms with Crippen molar-refractivity contribution in [3.05, 3.63) is 71.8 Å². The number of pyridine rings is 2. The number of halogens is 1. The van der Waals surface area contributed by atoms with Crippen molar-refractivity contribution in [3.63, 3.8) is 0 Å². The van der Waals surface area contributed by atoms with Crippen LogP contribution in [-0.4, -0.2) is 32.4 Å². The number of anilines is 1. The molecule has 3 aromatic heterocycles. The van der Waals surface area contributed by atoms with E-state index < -0.39 is 5.91 Å². The van der Waals surface area contributed by atoms with Crippen LogP contribution in [0.5, 0.6) is 5.88 Å². The summed E-state index contributed by atoms with van der Waals surface area (Å²) in [7, 11) is 0. The number of hydrogen-bond donors (Lipinski definition) is 2. The Morgan fingerprint density at radius 2 is 1.87 bits per heavy atom. The molecule has 0 radical (unpaired) electrons. The normalized spacial score (nSPS) is 10.8. The van der Waals surface area contributed by atoms with Crippen molar-refractivity contribution in [2.45, 2.75) is 13.5 Å². The predicted molar refractivity (Wildman–Crippen MR) is 114 cm³/mol. The number of rotatable bonds is 7. The van der Waals surface area contributed by atoms with Crippen molar-refractivity contribution in [3.8, 4) is 17.1 Å². The van der Waals surface area contributed by atoms with Gasteiger partial charge in [-0.25, -0.2) is 14.4 Å². The lowest BCUT2D eigenvalue weighted by molar-refractivity contribution is 0.0995. The smallest absolute Gasteiger partial charge is 0.267 e. The number of ether oxygens (including phenoxy) is 1. The number of aromatic nitrogens is 4. The Bertz CT molecular complexity index is 1230. The van der Waals surface area contributed by atoms with Crippen molar-refractivity contribution < 1.29 is 13.9 Å². The number of amides is 1. The van der Waals surface area contributed by atoms with Crippen LogP contribution in [0.4, 0.5) is 10.3 Å². The standard InChI is InChI=1S/C22H19FN6O2/c1-2-31-21-19-17(28-22(29-21)26-11-13-3-6-15(23)7-4-13)10-9-16(27-19)14-5-8-18(20(24)30)25-12-14/h3-10,12H,2,11H2,1H3,(H2,24,30)(H,26,28,29). The predicted octanol–water partition coefficient (Wildman–Crippen LogP) is 3.34. The number of carbonyl (C=O) groups excluding carboxylic acids is 1. The minimum absolute atomic E-state index is 0.180. The van der Waals surface area contributed by atoms with Gasteiger partial charge in [-0.2, -0.15) is 4.98 Å². The monoisotopic (exact) mass is 418 g/mol. The van der Waals surface area contributed by atoms with Crippen LogP contribution >= 0.6 is 0 Å². The third-order valence-electron chi connectivity index (χ3n) is 4.47. The summed E-state index contributed by atoms with van der Waals surface area (Å²) in [4.78, 5) is 28.9. The van der Waals surface area contributed by atoms with Gasteiger partial charge in [-0.15, -0.1) is 0 Å². The molecule has 8 nitrogen and oxygen atoms in total. The van der Waals surface area contributed by atoms with Crippen molar-refractivity contribution in [2.24, 2.45) is 5.73 Å². The second-order valence-electron chi connectivity index (χ2n) is 6.63. The molecule has 0 saturated heterocycles. The zero-order valence-electron chi connectivity index (χ0n) is 16.7. The van der Waals surface area contributed by atoms with Crippen LogP contribution in [0.1, 0.15) is 23.0 Å². The maximum atomic E-state index is 13.1. The van der Waals surface area contributed by atoms with E-state index in [1.54, 1.807) is 30.3 Å². The summed E-state index contributed by atoms with van der Waals surface area (Å²) in [5.41, 5.74) is 8.77. The Morgan fingerprint density at radius 3 is 2.55 bits per heavy atom. The lowest BCUT2D eigenvalue weighted by atomic mass is 10.1. The lowest BCUT2D eigenvalue weighted by Gasteiger charge is -2.11. The maximum absolute atomic E-state index is 13.1. The molecule has 0 aliphatic rings. The molecule has 3 N–H and O–H groups in total. The molecule has 31 heavy (non-hydrogen) atoms. The van der Waals surface area contributed by atoms with Gasteiger partial charge >= 0.3 is 0 Å². The van der Waals surface area contributed by atoms with Gasteiger partial charge < -0.3 is 15.8 Å². The highest BCUT2D eigenvalue weighted by Crippen LogP contribution is 2.26. The van der Waals surface area contributed by atoms with Gasteiger partial charge in [0.15, 0.2) is 5.52 Å². The van der Waals surface area contributed by atoms with E-state index in [4.69, 9.17) is 10.5 Å². The molecular formula is C22H19FN6O2. The zero-order valence-corrected chi connectivity index (χ0v) is 16.7. The Hall–Kier alpha value is -4.14. The highest BCUT2D eigenvalue weighted by Gasteiger charge is 2.13. The Kier molecular flexibility index (Phi) is 5.65. The molecule has 3 heterocycles. The number of carbonyl (C=O) groups is 1. The molecule has 9 heteroatoms. The van der Waals surface area contributed by atoms with E-state index in [2.05, 4.69) is 25.3 Å². The highest BCUT2D eigenvalue weighted by atomic mass is 19.1. The second kappa shape index (κ2) is 8.70. The number of benzene rings is 1. The quantitative estimate of drug-likeness (QED) is 0.473. The Morgan fingerprint density at radius 1 is 1.06 bits per heavy atom. The molecule has 0 saturated carbocycles. The minimum atomic E-state index is -0.592. The third-order valence-corrected chi connectivity index (χ3v) is 4.47. The summed E-state index contributed by atoms with van der Waals surface area (Å²) < 4.78 is 18.8. The number of nitrogens with one attached hydrogen (secondary N) is 1. The largest absolute Gasteiger partial charge is 0.476 e. The van der Waals surface area contributed by atoms with Crippen molar-refractivity contribution >= 4 is 22.9 Å². The van der Waals surface area contributed by atoms with E-state index in [0.717, 1.165) is 5.56 Å². The number of fused-ring (bicyclic) bond motifs is 1. The average Bonchev–Trinajstić information content (AvgIpc) is 2.79. The first-order valence-corrected chi connectivity index (χ1v) is 9.59. The molecule has 1 amide bonds. The SMILES string of the molecule is CCOc1nc(NCc2ccc(F)cc2)nc2ccc(-c3ccc(C(N)=O)nc3)nc12. The first-order chi connectivity index (χ1) is 15.0. The summed E-state index contributed by atoms with van der Waals surface area (Å²) in [6.45, 7) is 2.70. The maximum Gasteiger partial charge on any atom is 0.267 e. The van der Waals surface area contributed by atoms with Crippen LogP contribution in [-0.2, 0) is 6.54 Å². The lowest BCUT2D eigenvalue weighted by Crippen LogP contribution is -2.12. The van der Waals surface area contributed by atoms with Crippen LogP contribution in [0.15, 0.2) is 54.7 Å². The van der Waals surface area contributed by atoms with E-state index in [1.165, 1.54) is 18.3 Å². The minimum Gasteiger partial charge on any atom is -0.476 e. The summed E-state index contributed by atoms with van der Waals surface area (Å²) >= 11 is 0. The molecule has 0 aliphatic heterocycles. The number of nitrogens with two attached hydrogens (primary N) is 1. The van der Waals surface area contributed by atoms with Crippen LogP contribution in [0, 0.1) is 5.82 Å². The van der Waals surface area contributed by atoms with Crippen molar-refractivity contribution in [2.75, 3.05) is 11.9 Å². The van der Waals surface area contributed by atoms with Gasteiger partial charge in [0, 0.05) is 18.3 Å². The van der Waals surface area contributed by atoms with Crippen LogP contribution in [0.25, 0.3) is 22.3 Å². The average molecular weight is 418 g/mol. The number of nitrogens with zero attached hydrogens (tertiary/aromatic N) is 4. The first kappa shape index (κ1) is 20.1.